The minimum atomic E-state index is -4.67. The number of halogens is 3. The molecule has 0 spiro atoms. The highest BCUT2D eigenvalue weighted by Crippen LogP contribution is 2.42. The van der Waals surface area contributed by atoms with Crippen molar-refractivity contribution in [3.63, 3.8) is 0 Å². The Bertz CT molecular complexity index is 569. The van der Waals surface area contributed by atoms with Gasteiger partial charge in [0.2, 0.25) is 6.54 Å². The van der Waals surface area contributed by atoms with Crippen molar-refractivity contribution in [2.45, 2.75) is 25.9 Å². The smallest absolute Gasteiger partial charge is 0.416 e. The van der Waals surface area contributed by atoms with E-state index >= 15 is 0 Å². The van der Waals surface area contributed by atoms with Crippen LogP contribution in [-0.2, 0) is 15.7 Å². The zero-order chi connectivity index (χ0) is 17.1. The first-order chi connectivity index (χ1) is 10.0. The number of ether oxygens (including phenoxy) is 1. The molecule has 1 aromatic rings. The van der Waals surface area contributed by atoms with Gasteiger partial charge in [0.25, 0.3) is 0 Å². The monoisotopic (exact) mass is 319 g/mol. The second-order valence-corrected chi connectivity index (χ2v) is 5.37. The second kappa shape index (κ2) is 6.33. The standard InChI is InChI=1S/C14H16F3NO4/c1-13(2,12(19)22-3)11(8-18(20)21)9-6-4-5-7-10(9)14(15,16)17/h4-7,11H,8H2,1-3H3. The van der Waals surface area contributed by atoms with Crippen molar-refractivity contribution in [1.29, 1.82) is 0 Å². The van der Waals surface area contributed by atoms with E-state index in [2.05, 4.69) is 4.74 Å². The molecule has 0 radical (unpaired) electrons. The molecule has 0 heterocycles. The van der Waals surface area contributed by atoms with Crippen LogP contribution in [0.4, 0.5) is 13.2 Å². The van der Waals surface area contributed by atoms with E-state index in [9.17, 15) is 28.1 Å². The topological polar surface area (TPSA) is 69.4 Å². The van der Waals surface area contributed by atoms with Crippen LogP contribution in [0.5, 0.6) is 0 Å². The number of rotatable bonds is 5. The molecule has 0 N–H and O–H groups in total. The molecule has 0 aromatic heterocycles. The summed E-state index contributed by atoms with van der Waals surface area (Å²) in [5, 5.41) is 10.9. The van der Waals surface area contributed by atoms with Gasteiger partial charge in [0.05, 0.1) is 24.0 Å². The average Bonchev–Trinajstić information content (AvgIpc) is 2.42. The first kappa shape index (κ1) is 17.9. The molecule has 0 saturated heterocycles. The van der Waals surface area contributed by atoms with E-state index < -0.39 is 40.5 Å². The van der Waals surface area contributed by atoms with Gasteiger partial charge in [0.1, 0.15) is 0 Å². The first-order valence-corrected chi connectivity index (χ1v) is 6.38. The number of methoxy groups -OCH3 is 1. The van der Waals surface area contributed by atoms with Gasteiger partial charge in [-0.05, 0) is 25.5 Å². The number of esters is 1. The highest BCUT2D eigenvalue weighted by Gasteiger charge is 2.45. The number of hydrogen-bond acceptors (Lipinski definition) is 4. The third kappa shape index (κ3) is 3.75. The van der Waals surface area contributed by atoms with Crippen LogP contribution in [0.2, 0.25) is 0 Å². The van der Waals surface area contributed by atoms with E-state index in [0.717, 1.165) is 19.2 Å². The summed E-state index contributed by atoms with van der Waals surface area (Å²) in [7, 11) is 1.09. The maximum absolute atomic E-state index is 13.1. The summed E-state index contributed by atoms with van der Waals surface area (Å²) in [5.74, 6) is -2.08. The van der Waals surface area contributed by atoms with Crippen LogP contribution < -0.4 is 0 Å². The second-order valence-electron chi connectivity index (χ2n) is 5.37. The van der Waals surface area contributed by atoms with Crippen molar-refractivity contribution in [2.24, 2.45) is 5.41 Å². The first-order valence-electron chi connectivity index (χ1n) is 6.38. The zero-order valence-electron chi connectivity index (χ0n) is 12.3. The molecule has 5 nitrogen and oxygen atoms in total. The Morgan fingerprint density at radius 1 is 1.32 bits per heavy atom. The van der Waals surface area contributed by atoms with Gasteiger partial charge in [-0.3, -0.25) is 14.9 Å². The summed E-state index contributed by atoms with van der Waals surface area (Å²) in [4.78, 5) is 22.0. The zero-order valence-corrected chi connectivity index (χ0v) is 12.3. The minimum Gasteiger partial charge on any atom is -0.469 e. The molecular weight excluding hydrogens is 303 g/mol. The van der Waals surface area contributed by atoms with Crippen molar-refractivity contribution >= 4 is 5.97 Å². The third-order valence-corrected chi connectivity index (χ3v) is 3.56. The summed E-state index contributed by atoms with van der Waals surface area (Å²) in [6, 6.07) is 4.54. The van der Waals surface area contributed by atoms with Crippen LogP contribution >= 0.6 is 0 Å². The molecule has 8 heteroatoms. The summed E-state index contributed by atoms with van der Waals surface area (Å²) in [6.07, 6.45) is -4.67. The Labute approximate surface area is 125 Å². The van der Waals surface area contributed by atoms with E-state index in [-0.39, 0.29) is 5.56 Å². The normalized spacial score (nSPS) is 13.5. The average molecular weight is 319 g/mol. The van der Waals surface area contributed by atoms with Crippen LogP contribution in [0.1, 0.15) is 30.9 Å². The van der Waals surface area contributed by atoms with Gasteiger partial charge in [-0.2, -0.15) is 13.2 Å². The van der Waals surface area contributed by atoms with Gasteiger partial charge >= 0.3 is 12.1 Å². The number of nitrogens with zero attached hydrogens (tertiary/aromatic N) is 1. The predicted molar refractivity (Wildman–Crippen MR) is 71.8 cm³/mol. The molecule has 0 aliphatic rings. The molecule has 22 heavy (non-hydrogen) atoms. The summed E-state index contributed by atoms with van der Waals surface area (Å²) >= 11 is 0. The lowest BCUT2D eigenvalue weighted by molar-refractivity contribution is -0.485. The summed E-state index contributed by atoms with van der Waals surface area (Å²) < 4.78 is 44.0. The van der Waals surface area contributed by atoms with Crippen molar-refractivity contribution in [3.8, 4) is 0 Å². The third-order valence-electron chi connectivity index (χ3n) is 3.56. The Hall–Kier alpha value is -2.12. The lowest BCUT2D eigenvalue weighted by Crippen LogP contribution is -2.37. The van der Waals surface area contributed by atoms with Crippen LogP contribution in [0.3, 0.4) is 0 Å². The fraction of sp³-hybridized carbons (Fsp3) is 0.500. The Kier molecular flexibility index (Phi) is 5.16. The highest BCUT2D eigenvalue weighted by atomic mass is 19.4. The van der Waals surface area contributed by atoms with Gasteiger partial charge < -0.3 is 4.74 Å². The molecule has 1 rings (SSSR count). The fourth-order valence-electron chi connectivity index (χ4n) is 2.33. The molecule has 1 aromatic carbocycles. The number of carbonyl (C=O) groups excluding carboxylic acids is 1. The van der Waals surface area contributed by atoms with Crippen LogP contribution in [0.25, 0.3) is 0 Å². The fourth-order valence-corrected chi connectivity index (χ4v) is 2.33. The van der Waals surface area contributed by atoms with Crippen LogP contribution in [0, 0.1) is 15.5 Å². The number of alkyl halides is 3. The molecule has 0 aliphatic carbocycles. The number of hydrogen-bond donors (Lipinski definition) is 0. The van der Waals surface area contributed by atoms with Gasteiger partial charge in [-0.15, -0.1) is 0 Å². The molecule has 0 bridgehead atoms. The van der Waals surface area contributed by atoms with Crippen molar-refractivity contribution in [3.05, 3.63) is 45.5 Å². The summed E-state index contributed by atoms with van der Waals surface area (Å²) in [5.41, 5.74) is -2.76. The van der Waals surface area contributed by atoms with E-state index in [4.69, 9.17) is 0 Å². The molecule has 0 aliphatic heterocycles. The molecule has 122 valence electrons. The Balaban J connectivity index is 3.48. The lowest BCUT2D eigenvalue weighted by atomic mass is 9.73. The molecule has 1 atom stereocenters. The quantitative estimate of drug-likeness (QED) is 0.474. The highest BCUT2D eigenvalue weighted by molar-refractivity contribution is 5.77. The van der Waals surface area contributed by atoms with E-state index in [1.807, 2.05) is 0 Å². The Morgan fingerprint density at radius 3 is 2.32 bits per heavy atom. The van der Waals surface area contributed by atoms with Crippen molar-refractivity contribution in [1.82, 2.24) is 0 Å². The SMILES string of the molecule is COC(=O)C(C)(C)C(C[N+](=O)[O-])c1ccccc1C(F)(F)F. The van der Waals surface area contributed by atoms with Crippen molar-refractivity contribution < 1.29 is 27.6 Å². The van der Waals surface area contributed by atoms with Gasteiger partial charge in [-0.25, -0.2) is 0 Å². The lowest BCUT2D eigenvalue weighted by Gasteiger charge is -2.31. The van der Waals surface area contributed by atoms with Gasteiger partial charge in [-0.1, -0.05) is 18.2 Å². The Morgan fingerprint density at radius 2 is 1.86 bits per heavy atom. The molecular formula is C14H16F3NO4. The van der Waals surface area contributed by atoms with Crippen LogP contribution in [0.15, 0.2) is 24.3 Å². The van der Waals surface area contributed by atoms with Crippen molar-refractivity contribution in [2.75, 3.05) is 13.7 Å². The largest absolute Gasteiger partial charge is 0.469 e. The van der Waals surface area contributed by atoms with E-state index in [1.54, 1.807) is 0 Å². The predicted octanol–water partition coefficient (Wildman–Crippen LogP) is 3.26. The van der Waals surface area contributed by atoms with E-state index in [0.29, 0.717) is 0 Å². The van der Waals surface area contributed by atoms with Gasteiger partial charge in [0.15, 0.2) is 0 Å². The molecule has 1 unspecified atom stereocenters. The maximum atomic E-state index is 13.1. The number of nitro groups is 1. The van der Waals surface area contributed by atoms with Crippen LogP contribution in [-0.4, -0.2) is 24.5 Å². The molecule has 0 fully saturated rings. The molecule has 0 amide bonds. The minimum absolute atomic E-state index is 0.290. The van der Waals surface area contributed by atoms with E-state index in [1.165, 1.54) is 26.0 Å². The summed E-state index contributed by atoms with van der Waals surface area (Å²) in [6.45, 7) is 1.86. The maximum Gasteiger partial charge on any atom is 0.416 e. The number of carbonyl (C=O) groups is 1. The number of benzene rings is 1. The van der Waals surface area contributed by atoms with Gasteiger partial charge in [0, 0.05) is 4.92 Å². The molecule has 0 saturated carbocycles.